The Morgan fingerprint density at radius 1 is 1.03 bits per heavy atom. The first-order chi connectivity index (χ1) is 14.0. The lowest BCUT2D eigenvalue weighted by molar-refractivity contribution is -0.156. The van der Waals surface area contributed by atoms with Crippen LogP contribution in [0.4, 0.5) is 0 Å². The molecule has 0 aliphatic heterocycles. The van der Waals surface area contributed by atoms with Gasteiger partial charge in [0.15, 0.2) is 24.2 Å². The summed E-state index contributed by atoms with van der Waals surface area (Å²) in [5, 5.41) is 2.70. The Morgan fingerprint density at radius 3 is 2.38 bits per heavy atom. The van der Waals surface area contributed by atoms with Gasteiger partial charge < -0.3 is 24.3 Å². The topological polar surface area (TPSA) is 100 Å². The average molecular weight is 401 g/mol. The van der Waals surface area contributed by atoms with E-state index in [1.165, 1.54) is 32.2 Å². The summed E-state index contributed by atoms with van der Waals surface area (Å²) in [5.41, 5.74) is 1.30. The quantitative estimate of drug-likeness (QED) is 0.481. The van der Waals surface area contributed by atoms with E-state index in [0.717, 1.165) is 11.3 Å². The van der Waals surface area contributed by atoms with Crippen LogP contribution in [-0.4, -0.2) is 45.1 Å². The molecule has 0 aliphatic carbocycles. The van der Waals surface area contributed by atoms with Crippen molar-refractivity contribution >= 4 is 18.2 Å². The standard InChI is InChI=1S/C21H23NO7/c1-14(21(25)22-11-15-4-7-17(26-2)8-5-15)29-20(24)13-28-18-9-6-16(12-23)10-19(18)27-3/h4-10,12,14H,11,13H2,1-3H3,(H,22,25)/t14-/m0/s1. The third kappa shape index (κ3) is 6.53. The second kappa shape index (κ2) is 10.7. The number of amides is 1. The number of rotatable bonds is 10. The summed E-state index contributed by atoms with van der Waals surface area (Å²) < 4.78 is 20.6. The van der Waals surface area contributed by atoms with E-state index < -0.39 is 24.6 Å². The molecule has 1 atom stereocenters. The van der Waals surface area contributed by atoms with Gasteiger partial charge in [0.1, 0.15) is 12.0 Å². The minimum atomic E-state index is -0.983. The molecule has 1 amide bonds. The molecule has 0 fully saturated rings. The molecule has 0 saturated heterocycles. The maximum absolute atomic E-state index is 12.1. The van der Waals surface area contributed by atoms with Crippen LogP contribution in [0.2, 0.25) is 0 Å². The lowest BCUT2D eigenvalue weighted by atomic mass is 10.2. The van der Waals surface area contributed by atoms with Crippen molar-refractivity contribution in [1.29, 1.82) is 0 Å². The van der Waals surface area contributed by atoms with Crippen LogP contribution in [0.25, 0.3) is 0 Å². The first-order valence-corrected chi connectivity index (χ1v) is 8.83. The van der Waals surface area contributed by atoms with Crippen molar-refractivity contribution in [3.8, 4) is 17.2 Å². The van der Waals surface area contributed by atoms with E-state index in [2.05, 4.69) is 5.32 Å². The van der Waals surface area contributed by atoms with E-state index in [1.54, 1.807) is 19.2 Å². The van der Waals surface area contributed by atoms with E-state index in [0.29, 0.717) is 24.1 Å². The second-order valence-electron chi connectivity index (χ2n) is 6.01. The molecule has 154 valence electrons. The molecule has 2 rings (SSSR count). The Balaban J connectivity index is 1.80. The number of ether oxygens (including phenoxy) is 4. The number of hydrogen-bond acceptors (Lipinski definition) is 7. The first kappa shape index (κ1) is 21.7. The van der Waals surface area contributed by atoms with Crippen LogP contribution >= 0.6 is 0 Å². The molecular formula is C21H23NO7. The molecule has 2 aromatic rings. The van der Waals surface area contributed by atoms with E-state index in [1.807, 2.05) is 12.1 Å². The van der Waals surface area contributed by atoms with Crippen molar-refractivity contribution in [3.05, 3.63) is 53.6 Å². The van der Waals surface area contributed by atoms with Gasteiger partial charge in [-0.3, -0.25) is 9.59 Å². The van der Waals surface area contributed by atoms with Crippen LogP contribution in [-0.2, 0) is 20.9 Å². The number of benzene rings is 2. The SMILES string of the molecule is COc1ccc(CNC(=O)[C@H](C)OC(=O)COc2ccc(C=O)cc2OC)cc1. The van der Waals surface area contributed by atoms with Crippen LogP contribution < -0.4 is 19.5 Å². The van der Waals surface area contributed by atoms with E-state index in [4.69, 9.17) is 18.9 Å². The number of carbonyl (C=O) groups excluding carboxylic acids is 3. The van der Waals surface area contributed by atoms with Gasteiger partial charge in [0, 0.05) is 12.1 Å². The highest BCUT2D eigenvalue weighted by atomic mass is 16.6. The summed E-state index contributed by atoms with van der Waals surface area (Å²) in [5.74, 6) is 0.180. The van der Waals surface area contributed by atoms with Crippen molar-refractivity contribution in [2.75, 3.05) is 20.8 Å². The van der Waals surface area contributed by atoms with Crippen LogP contribution in [0.1, 0.15) is 22.8 Å². The van der Waals surface area contributed by atoms with Gasteiger partial charge in [0.2, 0.25) is 0 Å². The Labute approximate surface area is 168 Å². The molecule has 0 aromatic heterocycles. The van der Waals surface area contributed by atoms with Gasteiger partial charge in [-0.05, 0) is 42.8 Å². The maximum Gasteiger partial charge on any atom is 0.344 e. The van der Waals surface area contributed by atoms with Gasteiger partial charge in [-0.2, -0.15) is 0 Å². The van der Waals surface area contributed by atoms with Crippen molar-refractivity contribution < 1.29 is 33.3 Å². The zero-order chi connectivity index (χ0) is 21.2. The summed E-state index contributed by atoms with van der Waals surface area (Å²) in [4.78, 5) is 34.9. The average Bonchev–Trinajstić information content (AvgIpc) is 2.76. The number of carbonyl (C=O) groups is 3. The fourth-order valence-electron chi connectivity index (χ4n) is 2.37. The Bertz CT molecular complexity index is 849. The zero-order valence-electron chi connectivity index (χ0n) is 16.5. The van der Waals surface area contributed by atoms with Crippen LogP contribution in [0.15, 0.2) is 42.5 Å². The summed E-state index contributed by atoms with van der Waals surface area (Å²) >= 11 is 0. The third-order valence-electron chi connectivity index (χ3n) is 3.97. The molecule has 8 nitrogen and oxygen atoms in total. The summed E-state index contributed by atoms with van der Waals surface area (Å²) in [7, 11) is 3.00. The Morgan fingerprint density at radius 2 is 1.76 bits per heavy atom. The normalized spacial score (nSPS) is 11.1. The van der Waals surface area contributed by atoms with Crippen molar-refractivity contribution in [2.24, 2.45) is 0 Å². The molecule has 8 heteroatoms. The number of nitrogens with one attached hydrogen (secondary N) is 1. The van der Waals surface area contributed by atoms with Gasteiger partial charge in [-0.1, -0.05) is 12.1 Å². The predicted octanol–water partition coefficient (Wildman–Crippen LogP) is 2.14. The van der Waals surface area contributed by atoms with E-state index in [9.17, 15) is 14.4 Å². The fourth-order valence-corrected chi connectivity index (χ4v) is 2.37. The molecule has 29 heavy (non-hydrogen) atoms. The Kier molecular flexibility index (Phi) is 8.02. The molecule has 0 bridgehead atoms. The molecule has 0 spiro atoms. The Hall–Kier alpha value is -3.55. The third-order valence-corrected chi connectivity index (χ3v) is 3.97. The summed E-state index contributed by atoms with van der Waals surface area (Å²) in [6, 6.07) is 11.8. The minimum Gasteiger partial charge on any atom is -0.497 e. The van der Waals surface area contributed by atoms with Gasteiger partial charge in [-0.15, -0.1) is 0 Å². The molecule has 0 saturated carbocycles. The molecule has 2 aromatic carbocycles. The predicted molar refractivity (Wildman–Crippen MR) is 104 cm³/mol. The van der Waals surface area contributed by atoms with Crippen molar-refractivity contribution in [1.82, 2.24) is 5.32 Å². The number of aldehydes is 1. The molecule has 0 heterocycles. The first-order valence-electron chi connectivity index (χ1n) is 8.83. The lowest BCUT2D eigenvalue weighted by Gasteiger charge is -2.15. The summed E-state index contributed by atoms with van der Waals surface area (Å²) in [6.07, 6.45) is -0.309. The molecular weight excluding hydrogens is 378 g/mol. The highest BCUT2D eigenvalue weighted by Crippen LogP contribution is 2.27. The maximum atomic E-state index is 12.1. The number of hydrogen-bond donors (Lipinski definition) is 1. The van der Waals surface area contributed by atoms with Gasteiger partial charge in [0.05, 0.1) is 14.2 Å². The number of esters is 1. The monoisotopic (exact) mass is 401 g/mol. The summed E-state index contributed by atoms with van der Waals surface area (Å²) in [6.45, 7) is 1.36. The zero-order valence-corrected chi connectivity index (χ0v) is 16.5. The highest BCUT2D eigenvalue weighted by molar-refractivity contribution is 5.83. The van der Waals surface area contributed by atoms with E-state index >= 15 is 0 Å². The molecule has 0 radical (unpaired) electrons. The van der Waals surface area contributed by atoms with Crippen LogP contribution in [0, 0.1) is 0 Å². The second-order valence-corrected chi connectivity index (χ2v) is 6.01. The van der Waals surface area contributed by atoms with Crippen molar-refractivity contribution in [2.45, 2.75) is 19.6 Å². The minimum absolute atomic E-state index is 0.284. The smallest absolute Gasteiger partial charge is 0.344 e. The highest BCUT2D eigenvalue weighted by Gasteiger charge is 2.18. The largest absolute Gasteiger partial charge is 0.497 e. The molecule has 1 N–H and O–H groups in total. The fraction of sp³-hybridized carbons (Fsp3) is 0.286. The van der Waals surface area contributed by atoms with Crippen LogP contribution in [0.5, 0.6) is 17.2 Å². The van der Waals surface area contributed by atoms with Gasteiger partial charge in [-0.25, -0.2) is 4.79 Å². The van der Waals surface area contributed by atoms with Crippen LogP contribution in [0.3, 0.4) is 0 Å². The van der Waals surface area contributed by atoms with Gasteiger partial charge >= 0.3 is 5.97 Å². The van der Waals surface area contributed by atoms with Crippen molar-refractivity contribution in [3.63, 3.8) is 0 Å². The molecule has 0 aliphatic rings. The van der Waals surface area contributed by atoms with E-state index in [-0.39, 0.29) is 5.75 Å². The number of methoxy groups -OCH3 is 2. The van der Waals surface area contributed by atoms with Gasteiger partial charge in [0.25, 0.3) is 5.91 Å². The molecule has 0 unspecified atom stereocenters. The lowest BCUT2D eigenvalue weighted by Crippen LogP contribution is -2.36.